The molecule has 0 N–H and O–H groups in total. The van der Waals surface area contributed by atoms with Gasteiger partial charge in [0.05, 0.1) is 17.1 Å². The molecule has 5 aromatic rings. The molecule has 0 aromatic heterocycles. The van der Waals surface area contributed by atoms with E-state index in [1.54, 1.807) is 0 Å². The lowest BCUT2D eigenvalue weighted by atomic mass is 10.1. The van der Waals surface area contributed by atoms with Crippen molar-refractivity contribution in [2.75, 3.05) is 4.90 Å². The van der Waals surface area contributed by atoms with E-state index < -0.39 is 12.1 Å². The highest BCUT2D eigenvalue weighted by Crippen LogP contribution is 2.61. The number of hydrogen-bond acceptors (Lipinski definition) is 3. The van der Waals surface area contributed by atoms with E-state index >= 15 is 0 Å². The summed E-state index contributed by atoms with van der Waals surface area (Å²) in [6, 6.07) is 35.7. The van der Waals surface area contributed by atoms with Crippen molar-refractivity contribution in [2.45, 2.75) is 33.6 Å². The lowest BCUT2D eigenvalue weighted by Crippen LogP contribution is -2.46. The van der Waals surface area contributed by atoms with E-state index in [0.29, 0.717) is 0 Å². The summed E-state index contributed by atoms with van der Waals surface area (Å²) in [4.78, 5) is 2.54. The number of fused-ring (bicyclic) bond motifs is 4. The van der Waals surface area contributed by atoms with Crippen LogP contribution >= 0.6 is 12.1 Å². The second kappa shape index (κ2) is 9.64. The summed E-state index contributed by atoms with van der Waals surface area (Å²) in [6.07, 6.45) is 1.96. The molecule has 2 heterocycles. The smallest absolute Gasteiger partial charge is 0.0644 e. The molecular weight excluding hydrogens is 560 g/mol. The van der Waals surface area contributed by atoms with Crippen LogP contribution in [0.2, 0.25) is 0 Å². The lowest BCUT2D eigenvalue weighted by Gasteiger charge is -2.47. The van der Waals surface area contributed by atoms with Gasteiger partial charge in [0.15, 0.2) is 0 Å². The molecule has 0 amide bonds. The van der Waals surface area contributed by atoms with E-state index in [1.807, 2.05) is 0 Å². The largest absolute Gasteiger partial charge is 0.308 e. The van der Waals surface area contributed by atoms with Gasteiger partial charge in [0.1, 0.15) is 0 Å². The van der Waals surface area contributed by atoms with Crippen LogP contribution in [0.4, 0.5) is 17.1 Å². The van der Waals surface area contributed by atoms with Crippen molar-refractivity contribution >= 4 is 84.6 Å². The molecule has 0 aliphatic carbocycles. The summed E-state index contributed by atoms with van der Waals surface area (Å²) in [5.74, 6) is 0. The number of anilines is 3. The highest BCUT2D eigenvalue weighted by Gasteiger charge is 2.46. The summed E-state index contributed by atoms with van der Waals surface area (Å²) >= 11 is 13.9. The SMILES string of the molecule is CCc1ccc2c(c1)N1c3cc(CC)ccc3P(=S)(c3ccccc3)c3cc(C)cc(c31)P2(=S)c1ccccc1. The number of hydrogen-bond donors (Lipinski definition) is 0. The third-order valence-corrected chi connectivity index (χ3v) is 18.2. The molecule has 5 aromatic carbocycles. The van der Waals surface area contributed by atoms with Crippen molar-refractivity contribution in [1.82, 2.24) is 0 Å². The Morgan fingerprint density at radius 1 is 0.550 bits per heavy atom. The van der Waals surface area contributed by atoms with Gasteiger partial charge in [0.25, 0.3) is 0 Å². The van der Waals surface area contributed by atoms with Gasteiger partial charge in [-0.25, -0.2) is 0 Å². The number of nitrogens with zero attached hydrogens (tertiary/aromatic N) is 1. The standard InChI is InChI=1S/C35H31NP2S2/c1-4-25-16-18-31-29(22-25)36-30-23-26(5-2)17-19-32(30)38(40,28-14-10-7-11-15-28)34-21-24(3)20-33(35(34)36)37(31,39)27-12-8-6-9-13-27/h6-23H,4-5H2,1-3H3. The first-order valence-electron chi connectivity index (χ1n) is 14.0. The van der Waals surface area contributed by atoms with E-state index in [2.05, 4.69) is 135 Å². The van der Waals surface area contributed by atoms with Crippen LogP contribution in [-0.2, 0) is 36.5 Å². The predicted octanol–water partition coefficient (Wildman–Crippen LogP) is 6.73. The second-order valence-electron chi connectivity index (χ2n) is 10.7. The minimum absolute atomic E-state index is 0.979. The first kappa shape index (κ1) is 26.1. The van der Waals surface area contributed by atoms with E-state index in [-0.39, 0.29) is 0 Å². The second-order valence-corrected chi connectivity index (χ2v) is 19.4. The quantitative estimate of drug-likeness (QED) is 0.209. The van der Waals surface area contributed by atoms with Crippen molar-refractivity contribution in [1.29, 1.82) is 0 Å². The van der Waals surface area contributed by atoms with E-state index in [9.17, 15) is 0 Å². The minimum atomic E-state index is -2.36. The van der Waals surface area contributed by atoms with Crippen LogP contribution in [0.5, 0.6) is 0 Å². The molecule has 198 valence electrons. The van der Waals surface area contributed by atoms with Crippen LogP contribution in [0.3, 0.4) is 0 Å². The topological polar surface area (TPSA) is 3.24 Å². The van der Waals surface area contributed by atoms with Crippen molar-refractivity contribution in [3.8, 4) is 0 Å². The zero-order chi connectivity index (χ0) is 27.6. The van der Waals surface area contributed by atoms with E-state index in [0.717, 1.165) is 12.8 Å². The summed E-state index contributed by atoms with van der Waals surface area (Å²) < 4.78 is 0. The van der Waals surface area contributed by atoms with E-state index in [1.165, 1.54) is 65.6 Å². The van der Waals surface area contributed by atoms with Gasteiger partial charge in [0, 0.05) is 33.3 Å². The van der Waals surface area contributed by atoms with Crippen LogP contribution in [0, 0.1) is 6.92 Å². The molecule has 2 aliphatic rings. The number of aryl methyl sites for hydroxylation is 3. The van der Waals surface area contributed by atoms with Crippen molar-refractivity contribution < 1.29 is 0 Å². The Bertz CT molecular complexity index is 1760. The normalized spacial score (nSPS) is 20.4. The van der Waals surface area contributed by atoms with Crippen molar-refractivity contribution in [3.63, 3.8) is 0 Å². The zero-order valence-electron chi connectivity index (χ0n) is 23.0. The molecule has 0 saturated carbocycles. The van der Waals surface area contributed by atoms with Gasteiger partial charge >= 0.3 is 0 Å². The van der Waals surface area contributed by atoms with Gasteiger partial charge in [-0.2, -0.15) is 0 Å². The molecule has 0 radical (unpaired) electrons. The fourth-order valence-corrected chi connectivity index (χ4v) is 15.1. The molecule has 2 unspecified atom stereocenters. The molecule has 0 saturated heterocycles. The van der Waals surface area contributed by atoms with Crippen LogP contribution in [0.25, 0.3) is 0 Å². The Morgan fingerprint density at radius 3 is 1.38 bits per heavy atom. The summed E-state index contributed by atoms with van der Waals surface area (Å²) in [6.45, 7) is 6.67. The fourth-order valence-electron chi connectivity index (χ4n) is 6.38. The molecule has 0 spiro atoms. The summed E-state index contributed by atoms with van der Waals surface area (Å²) in [7, 11) is 0. The molecule has 1 nitrogen and oxygen atoms in total. The van der Waals surface area contributed by atoms with Gasteiger partial charge < -0.3 is 4.90 Å². The first-order chi connectivity index (χ1) is 19.4. The third kappa shape index (κ3) is 3.58. The van der Waals surface area contributed by atoms with Gasteiger partial charge in [-0.15, -0.1) is 0 Å². The van der Waals surface area contributed by atoms with Gasteiger partial charge in [-0.05, 0) is 71.3 Å². The average molecular weight is 592 g/mol. The summed E-state index contributed by atoms with van der Waals surface area (Å²) in [5, 5.41) is 7.58. The maximum atomic E-state index is 6.96. The van der Waals surface area contributed by atoms with Gasteiger partial charge in [-0.1, -0.05) is 122 Å². The fraction of sp³-hybridized carbons (Fsp3) is 0.143. The summed E-state index contributed by atoms with van der Waals surface area (Å²) in [5.41, 5.74) is 7.58. The predicted molar refractivity (Wildman–Crippen MR) is 184 cm³/mol. The molecule has 5 heteroatoms. The van der Waals surface area contributed by atoms with Crippen molar-refractivity contribution in [3.05, 3.63) is 126 Å². The van der Waals surface area contributed by atoms with Gasteiger partial charge in [0.2, 0.25) is 0 Å². The minimum Gasteiger partial charge on any atom is -0.308 e. The van der Waals surface area contributed by atoms with Crippen LogP contribution in [0.1, 0.15) is 30.5 Å². The Hall–Kier alpha value is -2.80. The van der Waals surface area contributed by atoms with Crippen LogP contribution in [-0.4, -0.2) is 0 Å². The Labute approximate surface area is 247 Å². The zero-order valence-corrected chi connectivity index (χ0v) is 26.4. The molecule has 0 fully saturated rings. The average Bonchev–Trinajstić information content (AvgIpc) is 3.01. The Kier molecular flexibility index (Phi) is 6.30. The Morgan fingerprint density at radius 2 is 0.975 bits per heavy atom. The highest BCUT2D eigenvalue weighted by molar-refractivity contribution is 8.27. The number of benzene rings is 5. The maximum Gasteiger partial charge on any atom is 0.0644 e. The molecule has 2 aliphatic heterocycles. The molecule has 7 rings (SSSR count). The van der Waals surface area contributed by atoms with Crippen LogP contribution in [0.15, 0.2) is 109 Å². The van der Waals surface area contributed by atoms with Crippen molar-refractivity contribution in [2.24, 2.45) is 0 Å². The van der Waals surface area contributed by atoms with E-state index in [4.69, 9.17) is 23.6 Å². The molecule has 2 atom stereocenters. The third-order valence-electron chi connectivity index (χ3n) is 8.41. The van der Waals surface area contributed by atoms with Crippen LogP contribution < -0.4 is 36.7 Å². The lowest BCUT2D eigenvalue weighted by molar-refractivity contribution is 1.13. The molecule has 0 bridgehead atoms. The molecular formula is C35H31NP2S2. The highest BCUT2D eigenvalue weighted by atomic mass is 32.4. The number of rotatable bonds is 4. The Balaban J connectivity index is 1.69. The maximum absolute atomic E-state index is 6.96. The first-order valence-corrected chi connectivity index (χ1v) is 19.6. The van der Waals surface area contributed by atoms with Gasteiger partial charge in [-0.3, -0.25) is 0 Å². The monoisotopic (exact) mass is 591 g/mol. The molecule has 40 heavy (non-hydrogen) atoms.